The van der Waals surface area contributed by atoms with Crippen molar-refractivity contribution >= 4 is 74.9 Å². The van der Waals surface area contributed by atoms with Crippen molar-refractivity contribution in [1.29, 1.82) is 0 Å². The molecule has 0 spiro atoms. The van der Waals surface area contributed by atoms with Gasteiger partial charge in [-0.2, -0.15) is 0 Å². The molecule has 70 heavy (non-hydrogen) atoms. The summed E-state index contributed by atoms with van der Waals surface area (Å²) in [5.41, 5.74) is 12.6. The molecule has 0 N–H and O–H groups in total. The van der Waals surface area contributed by atoms with E-state index in [-0.39, 0.29) is 0 Å². The summed E-state index contributed by atoms with van der Waals surface area (Å²) in [6.07, 6.45) is 0. The summed E-state index contributed by atoms with van der Waals surface area (Å²) in [5.74, 6) is 1.82. The highest BCUT2D eigenvalue weighted by Gasteiger charge is 2.22. The summed E-state index contributed by atoms with van der Waals surface area (Å²) in [7, 11) is 0. The van der Waals surface area contributed by atoms with Gasteiger partial charge in [-0.1, -0.05) is 182 Å². The zero-order valence-corrected chi connectivity index (χ0v) is 38.6. The molecule has 0 fully saturated rings. The number of aromatic nitrogens is 4. The molecule has 14 rings (SSSR count). The predicted molar refractivity (Wildman–Crippen MR) is 295 cm³/mol. The Hall–Kier alpha value is -9.03. The van der Waals surface area contributed by atoms with Gasteiger partial charge in [0.15, 0.2) is 17.5 Å². The quantitative estimate of drug-likeness (QED) is 0.160. The monoisotopic (exact) mass is 908 g/mol. The molecule has 0 bridgehead atoms. The molecule has 0 aliphatic rings. The second-order valence-corrected chi connectivity index (χ2v) is 19.0. The van der Waals surface area contributed by atoms with Gasteiger partial charge in [-0.05, 0) is 116 Å². The van der Waals surface area contributed by atoms with Gasteiger partial charge in [-0.3, -0.25) is 0 Å². The second kappa shape index (κ2) is 16.3. The lowest BCUT2D eigenvalue weighted by atomic mass is 9.95. The minimum absolute atomic E-state index is 0.599. The average Bonchev–Trinajstić information content (AvgIpc) is 3.96. The maximum Gasteiger partial charge on any atom is 0.164 e. The lowest BCUT2D eigenvalue weighted by molar-refractivity contribution is 1.07. The van der Waals surface area contributed by atoms with E-state index in [9.17, 15) is 0 Å². The first-order valence-electron chi connectivity index (χ1n) is 23.7. The smallest absolute Gasteiger partial charge is 0.164 e. The Morgan fingerprint density at radius 3 is 1.27 bits per heavy atom. The van der Waals surface area contributed by atoms with Crippen molar-refractivity contribution in [1.82, 2.24) is 19.5 Å². The van der Waals surface area contributed by atoms with Crippen molar-refractivity contribution in [2.24, 2.45) is 0 Å². The number of fused-ring (bicyclic) bond motifs is 8. The lowest BCUT2D eigenvalue weighted by Gasteiger charge is -2.17. The van der Waals surface area contributed by atoms with Crippen LogP contribution in [-0.4, -0.2) is 19.5 Å². The molecular weight excluding hydrogens is 869 g/mol. The molecule has 0 aliphatic heterocycles. The van der Waals surface area contributed by atoms with E-state index < -0.39 is 0 Å². The summed E-state index contributed by atoms with van der Waals surface area (Å²) in [6.45, 7) is 0. The van der Waals surface area contributed by atoms with Gasteiger partial charge in [0.2, 0.25) is 0 Å². The van der Waals surface area contributed by atoms with Crippen molar-refractivity contribution < 1.29 is 0 Å². The zero-order chi connectivity index (χ0) is 46.1. The molecule has 0 radical (unpaired) electrons. The largest absolute Gasteiger partial charge is 0.309 e. The van der Waals surface area contributed by atoms with Crippen LogP contribution in [0.3, 0.4) is 0 Å². The molecule has 0 aliphatic carbocycles. The van der Waals surface area contributed by atoms with E-state index in [0.717, 1.165) is 66.8 Å². The van der Waals surface area contributed by atoms with E-state index in [1.807, 2.05) is 11.3 Å². The SMILES string of the molecule is c1ccc(-c2ccccc2-c2nc(-c3ccccc3-c3ccccc3)nc(-c3ccc(-n4c5cc6ccccc6cc5c5cc6ccccc6cc54)cc3-c3ccc4sc5ccccc5c4c3)n2)cc1. The summed E-state index contributed by atoms with van der Waals surface area (Å²) in [4.78, 5) is 16.4. The molecule has 0 atom stereocenters. The Morgan fingerprint density at radius 1 is 0.271 bits per heavy atom. The van der Waals surface area contributed by atoms with Crippen molar-refractivity contribution in [2.75, 3.05) is 0 Å². The number of nitrogens with zero attached hydrogens (tertiary/aromatic N) is 4. The van der Waals surface area contributed by atoms with Crippen LogP contribution in [0.2, 0.25) is 0 Å². The van der Waals surface area contributed by atoms with Gasteiger partial charge < -0.3 is 4.57 Å². The summed E-state index contributed by atoms with van der Waals surface area (Å²) >= 11 is 1.83. The van der Waals surface area contributed by atoms with Crippen molar-refractivity contribution in [3.63, 3.8) is 0 Å². The van der Waals surface area contributed by atoms with Crippen molar-refractivity contribution in [3.8, 4) is 73.2 Å². The fourth-order valence-electron chi connectivity index (χ4n) is 10.5. The fourth-order valence-corrected chi connectivity index (χ4v) is 11.6. The molecule has 326 valence electrons. The van der Waals surface area contributed by atoms with Crippen LogP contribution in [0, 0.1) is 0 Å². The molecular formula is C65H40N4S. The molecule has 4 nitrogen and oxygen atoms in total. The number of thiophene rings is 1. The van der Waals surface area contributed by atoms with Gasteiger partial charge in [0, 0.05) is 53.3 Å². The minimum Gasteiger partial charge on any atom is -0.309 e. The molecule has 0 amide bonds. The van der Waals surface area contributed by atoms with Gasteiger partial charge >= 0.3 is 0 Å². The summed E-state index contributed by atoms with van der Waals surface area (Å²) in [6, 6.07) is 87.1. The molecule has 14 aromatic rings. The van der Waals surface area contributed by atoms with Gasteiger partial charge in [0.05, 0.1) is 11.0 Å². The van der Waals surface area contributed by atoms with Crippen LogP contribution in [0.15, 0.2) is 243 Å². The lowest BCUT2D eigenvalue weighted by Crippen LogP contribution is -2.03. The Morgan fingerprint density at radius 2 is 0.714 bits per heavy atom. The van der Waals surface area contributed by atoms with Crippen LogP contribution in [0.25, 0.3) is 137 Å². The molecule has 3 aromatic heterocycles. The van der Waals surface area contributed by atoms with Gasteiger partial charge in [-0.25, -0.2) is 15.0 Å². The van der Waals surface area contributed by atoms with Gasteiger partial charge in [0.1, 0.15) is 0 Å². The Balaban J connectivity index is 1.07. The van der Waals surface area contributed by atoms with E-state index in [2.05, 4.69) is 247 Å². The topological polar surface area (TPSA) is 43.6 Å². The first-order chi connectivity index (χ1) is 34.7. The number of hydrogen-bond donors (Lipinski definition) is 0. The second-order valence-electron chi connectivity index (χ2n) is 17.9. The highest BCUT2D eigenvalue weighted by atomic mass is 32.1. The van der Waals surface area contributed by atoms with E-state index in [4.69, 9.17) is 15.0 Å². The van der Waals surface area contributed by atoms with Crippen LogP contribution in [0.5, 0.6) is 0 Å². The Kier molecular flexibility index (Phi) is 9.36. The number of benzene rings is 11. The predicted octanol–water partition coefficient (Wildman–Crippen LogP) is 17.6. The van der Waals surface area contributed by atoms with Gasteiger partial charge in [0.25, 0.3) is 0 Å². The zero-order valence-electron chi connectivity index (χ0n) is 37.8. The molecule has 0 unspecified atom stereocenters. The minimum atomic E-state index is 0.599. The third kappa shape index (κ3) is 6.70. The van der Waals surface area contributed by atoms with Gasteiger partial charge in [-0.15, -0.1) is 11.3 Å². The van der Waals surface area contributed by atoms with Crippen LogP contribution < -0.4 is 0 Å². The normalized spacial score (nSPS) is 11.7. The fraction of sp³-hybridized carbons (Fsp3) is 0. The first-order valence-corrected chi connectivity index (χ1v) is 24.5. The number of rotatable bonds is 7. The highest BCUT2D eigenvalue weighted by molar-refractivity contribution is 7.25. The van der Waals surface area contributed by atoms with E-state index in [1.54, 1.807) is 0 Å². The molecule has 0 saturated carbocycles. The van der Waals surface area contributed by atoms with Crippen LogP contribution >= 0.6 is 11.3 Å². The van der Waals surface area contributed by atoms with E-state index in [1.165, 1.54) is 52.5 Å². The van der Waals surface area contributed by atoms with Crippen molar-refractivity contribution in [3.05, 3.63) is 243 Å². The molecule has 5 heteroatoms. The van der Waals surface area contributed by atoms with Crippen LogP contribution in [0.1, 0.15) is 0 Å². The third-order valence-electron chi connectivity index (χ3n) is 13.8. The summed E-state index contributed by atoms with van der Waals surface area (Å²) in [5, 5.41) is 9.77. The van der Waals surface area contributed by atoms with E-state index in [0.29, 0.717) is 17.5 Å². The average molecular weight is 909 g/mol. The maximum atomic E-state index is 5.51. The van der Waals surface area contributed by atoms with E-state index >= 15 is 0 Å². The number of hydrogen-bond acceptors (Lipinski definition) is 4. The van der Waals surface area contributed by atoms with Crippen LogP contribution in [-0.2, 0) is 0 Å². The summed E-state index contributed by atoms with van der Waals surface area (Å²) < 4.78 is 4.98. The molecule has 3 heterocycles. The third-order valence-corrected chi connectivity index (χ3v) is 15.0. The van der Waals surface area contributed by atoms with Crippen molar-refractivity contribution in [2.45, 2.75) is 0 Å². The molecule has 0 saturated heterocycles. The standard InChI is InChI=1S/C65H40N4S/c1-3-17-41(18-4-1)49-25-11-13-28-52(49)63-66-64(53-29-14-12-26-50(53)42-19-5-2-6-20-42)68-65(67-63)54-33-32-48(40-55(54)47-31-34-62-58(37-47)51-27-15-16-30-61(51)70-62)69-59-38-45-23-9-7-21-43(45)35-56(59)57-36-44-22-8-10-24-46(44)39-60(57)69/h1-40H. The molecule has 11 aromatic carbocycles. The Labute approximate surface area is 408 Å². The Bertz CT molecular complexity index is 4170. The first kappa shape index (κ1) is 40.1. The maximum absolute atomic E-state index is 5.51. The highest BCUT2D eigenvalue weighted by Crippen LogP contribution is 2.43. The van der Waals surface area contributed by atoms with Crippen LogP contribution in [0.4, 0.5) is 0 Å².